The van der Waals surface area contributed by atoms with Crippen LogP contribution >= 0.6 is 0 Å². The number of hydrogen-bond acceptors (Lipinski definition) is 3. The Morgan fingerprint density at radius 3 is 1.79 bits per heavy atom. The largest absolute Gasteiger partial charge is 0.301 e. The summed E-state index contributed by atoms with van der Waals surface area (Å²) in [6.45, 7) is 8.73. The van der Waals surface area contributed by atoms with E-state index in [1.54, 1.807) is 0 Å². The third-order valence-electron chi connectivity index (χ3n) is 3.33. The van der Waals surface area contributed by atoms with Gasteiger partial charge in [0, 0.05) is 13.1 Å². The van der Waals surface area contributed by atoms with Crippen molar-refractivity contribution in [3.8, 4) is 12.1 Å². The molecule has 0 aromatic heterocycles. The Morgan fingerprint density at radius 2 is 1.32 bits per heavy atom. The lowest BCUT2D eigenvalue weighted by Gasteiger charge is -2.24. The Bertz CT molecular complexity index is 265. The Kier molecular flexibility index (Phi) is 11.3. The van der Waals surface area contributed by atoms with Crippen molar-refractivity contribution in [2.45, 2.75) is 59.3 Å². The van der Waals surface area contributed by atoms with Crippen molar-refractivity contribution >= 4 is 0 Å². The summed E-state index contributed by atoms with van der Waals surface area (Å²) >= 11 is 0. The lowest BCUT2D eigenvalue weighted by Crippen LogP contribution is -2.33. The van der Waals surface area contributed by atoms with E-state index < -0.39 is 0 Å². The molecule has 19 heavy (non-hydrogen) atoms. The van der Waals surface area contributed by atoms with E-state index >= 15 is 0 Å². The number of nitriles is 2. The zero-order valence-corrected chi connectivity index (χ0v) is 12.9. The molecule has 0 aromatic rings. The fourth-order valence-electron chi connectivity index (χ4n) is 2.23. The van der Waals surface area contributed by atoms with E-state index in [1.807, 2.05) is 13.8 Å². The molecule has 3 heteroatoms. The fourth-order valence-corrected chi connectivity index (χ4v) is 2.23. The van der Waals surface area contributed by atoms with Crippen molar-refractivity contribution < 1.29 is 0 Å². The van der Waals surface area contributed by atoms with Gasteiger partial charge in [-0.25, -0.2) is 0 Å². The Balaban J connectivity index is 3.92. The van der Waals surface area contributed by atoms with E-state index in [4.69, 9.17) is 10.5 Å². The highest BCUT2D eigenvalue weighted by Gasteiger charge is 2.12. The maximum absolute atomic E-state index is 8.90. The Labute approximate surface area is 119 Å². The molecule has 0 aliphatic carbocycles. The molecule has 0 rings (SSSR count). The molecule has 0 aliphatic heterocycles. The van der Waals surface area contributed by atoms with Crippen molar-refractivity contribution in [2.75, 3.05) is 19.6 Å². The number of rotatable bonds is 11. The number of nitrogens with zero attached hydrogens (tertiary/aromatic N) is 3. The smallest absolute Gasteiger partial charge is 0.0666 e. The third kappa shape index (κ3) is 10.5. The Morgan fingerprint density at radius 1 is 0.842 bits per heavy atom. The minimum Gasteiger partial charge on any atom is -0.301 e. The van der Waals surface area contributed by atoms with E-state index in [1.165, 1.54) is 38.5 Å². The predicted octanol–water partition coefficient (Wildman–Crippen LogP) is 3.97. The third-order valence-corrected chi connectivity index (χ3v) is 3.33. The van der Waals surface area contributed by atoms with Crippen molar-refractivity contribution in [3.05, 3.63) is 0 Å². The summed E-state index contributed by atoms with van der Waals surface area (Å²) < 4.78 is 0. The van der Waals surface area contributed by atoms with Crippen molar-refractivity contribution in [1.29, 1.82) is 10.5 Å². The van der Waals surface area contributed by atoms with Gasteiger partial charge in [0.15, 0.2) is 0 Å². The molecule has 108 valence electrons. The van der Waals surface area contributed by atoms with Gasteiger partial charge in [-0.15, -0.1) is 0 Å². The van der Waals surface area contributed by atoms with Gasteiger partial charge in [0.25, 0.3) is 0 Å². The van der Waals surface area contributed by atoms with Crippen LogP contribution in [-0.2, 0) is 0 Å². The van der Waals surface area contributed by atoms with Crippen LogP contribution in [0.4, 0.5) is 0 Å². The first kappa shape index (κ1) is 17.9. The first-order valence-corrected chi connectivity index (χ1v) is 7.65. The summed E-state index contributed by atoms with van der Waals surface area (Å²) in [7, 11) is 0. The molecular formula is C16H29N3. The lowest BCUT2D eigenvalue weighted by atomic mass is 10.1. The van der Waals surface area contributed by atoms with Gasteiger partial charge in [-0.3, -0.25) is 0 Å². The van der Waals surface area contributed by atoms with Gasteiger partial charge in [-0.2, -0.15) is 10.5 Å². The summed E-state index contributed by atoms with van der Waals surface area (Å²) in [4.78, 5) is 2.28. The summed E-state index contributed by atoms with van der Waals surface area (Å²) in [5, 5.41) is 17.8. The molecule has 2 atom stereocenters. The van der Waals surface area contributed by atoms with E-state index in [2.05, 4.69) is 24.0 Å². The zero-order valence-electron chi connectivity index (χ0n) is 12.9. The predicted molar refractivity (Wildman–Crippen MR) is 79.4 cm³/mol. The highest BCUT2D eigenvalue weighted by Crippen LogP contribution is 2.09. The van der Waals surface area contributed by atoms with Gasteiger partial charge in [-0.1, -0.05) is 39.0 Å². The molecule has 3 nitrogen and oxygen atoms in total. The van der Waals surface area contributed by atoms with Gasteiger partial charge in [0.2, 0.25) is 0 Å². The molecule has 2 unspecified atom stereocenters. The lowest BCUT2D eigenvalue weighted by molar-refractivity contribution is 0.233. The SMILES string of the molecule is CCCCCCCCN(CC(C)C#N)CC(C)C#N. The highest BCUT2D eigenvalue weighted by molar-refractivity contribution is 4.85. The standard InChI is InChI=1S/C16H29N3/c1-4-5-6-7-8-9-10-19(13-15(2)11-17)14-16(3)12-18/h15-16H,4-10,13-14H2,1-3H3. The van der Waals surface area contributed by atoms with Gasteiger partial charge in [-0.05, 0) is 26.8 Å². The van der Waals surface area contributed by atoms with Crippen molar-refractivity contribution in [2.24, 2.45) is 11.8 Å². The van der Waals surface area contributed by atoms with Crippen molar-refractivity contribution in [1.82, 2.24) is 4.90 Å². The summed E-state index contributed by atoms with van der Waals surface area (Å²) in [6, 6.07) is 4.56. The van der Waals surface area contributed by atoms with Gasteiger partial charge in [0.1, 0.15) is 0 Å². The maximum atomic E-state index is 8.90. The molecule has 0 fully saturated rings. The van der Waals surface area contributed by atoms with E-state index in [0.717, 1.165) is 19.6 Å². The molecule has 0 spiro atoms. The quantitative estimate of drug-likeness (QED) is 0.530. The minimum atomic E-state index is 0.0472. The summed E-state index contributed by atoms with van der Waals surface area (Å²) in [6.07, 6.45) is 7.70. The second kappa shape index (κ2) is 12.0. The van der Waals surface area contributed by atoms with Crippen LogP contribution in [0.25, 0.3) is 0 Å². The first-order valence-electron chi connectivity index (χ1n) is 7.65. The van der Waals surface area contributed by atoms with Crippen LogP contribution in [-0.4, -0.2) is 24.5 Å². The Hall–Kier alpha value is -1.06. The van der Waals surface area contributed by atoms with Gasteiger partial charge < -0.3 is 4.90 Å². The molecule has 0 aromatic carbocycles. The summed E-state index contributed by atoms with van der Waals surface area (Å²) in [5.74, 6) is 0.0944. The fraction of sp³-hybridized carbons (Fsp3) is 0.875. The van der Waals surface area contributed by atoms with Gasteiger partial charge in [0.05, 0.1) is 24.0 Å². The molecule has 0 saturated heterocycles. The first-order chi connectivity index (χ1) is 9.13. The number of unbranched alkanes of at least 4 members (excludes halogenated alkanes) is 5. The molecule has 0 bridgehead atoms. The van der Waals surface area contributed by atoms with Crippen LogP contribution < -0.4 is 0 Å². The molecule has 0 N–H and O–H groups in total. The van der Waals surface area contributed by atoms with E-state index in [9.17, 15) is 0 Å². The summed E-state index contributed by atoms with van der Waals surface area (Å²) in [5.41, 5.74) is 0. The second-order valence-electron chi connectivity index (χ2n) is 5.59. The number of hydrogen-bond donors (Lipinski definition) is 0. The minimum absolute atomic E-state index is 0.0472. The van der Waals surface area contributed by atoms with Crippen LogP contribution in [0.5, 0.6) is 0 Å². The normalized spacial score (nSPS) is 13.8. The van der Waals surface area contributed by atoms with Crippen LogP contribution in [0, 0.1) is 34.5 Å². The molecule has 0 radical (unpaired) electrons. The monoisotopic (exact) mass is 263 g/mol. The molecule has 0 amide bonds. The van der Waals surface area contributed by atoms with Crippen LogP contribution in [0.1, 0.15) is 59.3 Å². The van der Waals surface area contributed by atoms with Crippen LogP contribution in [0.15, 0.2) is 0 Å². The van der Waals surface area contributed by atoms with E-state index in [-0.39, 0.29) is 11.8 Å². The van der Waals surface area contributed by atoms with Crippen LogP contribution in [0.2, 0.25) is 0 Å². The highest BCUT2D eigenvalue weighted by atomic mass is 15.1. The molecule has 0 heterocycles. The van der Waals surface area contributed by atoms with E-state index in [0.29, 0.717) is 0 Å². The molecule has 0 saturated carbocycles. The van der Waals surface area contributed by atoms with Crippen molar-refractivity contribution in [3.63, 3.8) is 0 Å². The zero-order chi connectivity index (χ0) is 14.5. The average molecular weight is 263 g/mol. The van der Waals surface area contributed by atoms with Crippen LogP contribution in [0.3, 0.4) is 0 Å². The average Bonchev–Trinajstić information content (AvgIpc) is 2.41. The molecule has 0 aliphatic rings. The topological polar surface area (TPSA) is 50.8 Å². The maximum Gasteiger partial charge on any atom is 0.0666 e. The van der Waals surface area contributed by atoms with Gasteiger partial charge >= 0.3 is 0 Å². The molecular weight excluding hydrogens is 234 g/mol. The second-order valence-corrected chi connectivity index (χ2v) is 5.59.